The van der Waals surface area contributed by atoms with Gasteiger partial charge in [0.2, 0.25) is 11.8 Å². The second-order valence-electron chi connectivity index (χ2n) is 5.54. The smallest absolute Gasteiger partial charge is 0.233 e. The van der Waals surface area contributed by atoms with Crippen LogP contribution in [0.5, 0.6) is 0 Å². The van der Waals surface area contributed by atoms with Crippen LogP contribution < -0.4 is 5.32 Å². The number of nitrogens with one attached hydrogen (secondary N) is 1. The number of ether oxygens (including phenoxy) is 1. The number of nitrogens with zero attached hydrogens (tertiary/aromatic N) is 5. The molecule has 124 valence electrons. The maximum atomic E-state index is 5.82. The number of aromatic nitrogens is 4. The third-order valence-corrected chi connectivity index (χ3v) is 3.94. The molecule has 2 atom stereocenters. The average molecular weight is 318 g/mol. The van der Waals surface area contributed by atoms with Crippen molar-refractivity contribution in [3.8, 4) is 0 Å². The summed E-state index contributed by atoms with van der Waals surface area (Å²) in [5.41, 5.74) is 0. The lowest BCUT2D eigenvalue weighted by Crippen LogP contribution is -2.46. The van der Waals surface area contributed by atoms with Gasteiger partial charge in [0.25, 0.3) is 0 Å². The van der Waals surface area contributed by atoms with E-state index in [9.17, 15) is 0 Å². The van der Waals surface area contributed by atoms with E-state index in [4.69, 9.17) is 9.15 Å². The van der Waals surface area contributed by atoms with Gasteiger partial charge in [-0.05, 0) is 19.1 Å². The summed E-state index contributed by atoms with van der Waals surface area (Å²) in [7, 11) is 0. The highest BCUT2D eigenvalue weighted by Gasteiger charge is 2.27. The summed E-state index contributed by atoms with van der Waals surface area (Å²) in [5.74, 6) is 2.11. The van der Waals surface area contributed by atoms with Crippen molar-refractivity contribution in [3.63, 3.8) is 0 Å². The minimum Gasteiger partial charge on any atom is -0.424 e. The number of hydrogen-bond acceptors (Lipinski definition) is 8. The predicted octanol–water partition coefficient (Wildman–Crippen LogP) is 1.30. The van der Waals surface area contributed by atoms with E-state index < -0.39 is 0 Å². The summed E-state index contributed by atoms with van der Waals surface area (Å²) in [6, 6.07) is 3.83. The maximum Gasteiger partial charge on any atom is 0.233 e. The summed E-state index contributed by atoms with van der Waals surface area (Å²) >= 11 is 0. The molecule has 0 bridgehead atoms. The summed E-state index contributed by atoms with van der Waals surface area (Å²) in [4.78, 5) is 2.31. The summed E-state index contributed by atoms with van der Waals surface area (Å²) in [6.45, 7) is 7.12. The summed E-state index contributed by atoms with van der Waals surface area (Å²) < 4.78 is 11.5. The number of morpholine rings is 1. The van der Waals surface area contributed by atoms with E-state index in [0.717, 1.165) is 25.3 Å². The van der Waals surface area contributed by atoms with Crippen LogP contribution in [-0.4, -0.2) is 57.6 Å². The Balaban J connectivity index is 1.55. The Hall–Kier alpha value is -2.06. The van der Waals surface area contributed by atoms with E-state index in [1.807, 2.05) is 19.1 Å². The molecule has 0 aromatic carbocycles. The Morgan fingerprint density at radius 2 is 2.30 bits per heavy atom. The minimum absolute atomic E-state index is 0.0850. The molecule has 1 saturated heterocycles. The molecule has 0 unspecified atom stereocenters. The highest BCUT2D eigenvalue weighted by molar-refractivity contribution is 5.31. The van der Waals surface area contributed by atoms with Crippen LogP contribution >= 0.6 is 0 Å². The van der Waals surface area contributed by atoms with Crippen LogP contribution in [-0.2, 0) is 11.2 Å². The first-order valence-corrected chi connectivity index (χ1v) is 7.95. The molecule has 0 aliphatic carbocycles. The number of hydrogen-bond donors (Lipinski definition) is 1. The van der Waals surface area contributed by atoms with Crippen molar-refractivity contribution in [2.75, 3.05) is 31.6 Å². The largest absolute Gasteiger partial charge is 0.424 e. The third kappa shape index (κ3) is 4.02. The SMILES string of the molecule is CCc1nnc([C@@H](C)N2CCO[C@H](CNc3cccnn3)C2)o1. The molecule has 0 spiro atoms. The van der Waals surface area contributed by atoms with Gasteiger partial charge in [-0.3, -0.25) is 4.90 Å². The summed E-state index contributed by atoms with van der Waals surface area (Å²) in [6.07, 6.45) is 2.50. The quantitative estimate of drug-likeness (QED) is 0.852. The van der Waals surface area contributed by atoms with Crippen molar-refractivity contribution in [3.05, 3.63) is 30.1 Å². The van der Waals surface area contributed by atoms with Crippen LogP contribution in [0.4, 0.5) is 5.82 Å². The molecule has 1 N–H and O–H groups in total. The molecule has 3 rings (SSSR count). The fourth-order valence-corrected chi connectivity index (χ4v) is 2.57. The van der Waals surface area contributed by atoms with Gasteiger partial charge in [0.1, 0.15) is 5.82 Å². The van der Waals surface area contributed by atoms with Crippen LogP contribution in [0.25, 0.3) is 0 Å². The van der Waals surface area contributed by atoms with Crippen molar-refractivity contribution >= 4 is 5.82 Å². The zero-order chi connectivity index (χ0) is 16.1. The van der Waals surface area contributed by atoms with E-state index in [2.05, 4.69) is 37.5 Å². The Morgan fingerprint density at radius 3 is 3.04 bits per heavy atom. The minimum atomic E-state index is 0.0850. The molecule has 2 aromatic rings. The van der Waals surface area contributed by atoms with Crippen molar-refractivity contribution in [1.29, 1.82) is 0 Å². The predicted molar refractivity (Wildman–Crippen MR) is 83.9 cm³/mol. The molecule has 8 heteroatoms. The number of anilines is 1. The molecule has 3 heterocycles. The molecular formula is C15H22N6O2. The first kappa shape index (κ1) is 15.8. The van der Waals surface area contributed by atoms with Gasteiger partial charge < -0.3 is 14.5 Å². The van der Waals surface area contributed by atoms with Gasteiger partial charge in [-0.1, -0.05) is 6.92 Å². The molecule has 0 amide bonds. The Morgan fingerprint density at radius 1 is 1.39 bits per heavy atom. The van der Waals surface area contributed by atoms with Crippen molar-refractivity contribution in [1.82, 2.24) is 25.3 Å². The lowest BCUT2D eigenvalue weighted by atomic mass is 10.2. The van der Waals surface area contributed by atoms with E-state index in [1.165, 1.54) is 0 Å². The van der Waals surface area contributed by atoms with Gasteiger partial charge >= 0.3 is 0 Å². The van der Waals surface area contributed by atoms with Crippen LogP contribution in [0.15, 0.2) is 22.7 Å². The molecule has 8 nitrogen and oxygen atoms in total. The van der Waals surface area contributed by atoms with E-state index in [0.29, 0.717) is 24.9 Å². The second kappa shape index (κ2) is 7.47. The normalized spacial score (nSPS) is 20.3. The highest BCUT2D eigenvalue weighted by Crippen LogP contribution is 2.21. The summed E-state index contributed by atoms with van der Waals surface area (Å²) in [5, 5.41) is 19.3. The molecule has 23 heavy (non-hydrogen) atoms. The molecule has 1 aliphatic rings. The first-order valence-electron chi connectivity index (χ1n) is 7.95. The van der Waals surface area contributed by atoms with Gasteiger partial charge in [0.05, 0.1) is 18.8 Å². The first-order chi connectivity index (χ1) is 11.3. The fourth-order valence-electron chi connectivity index (χ4n) is 2.57. The molecule has 0 radical (unpaired) electrons. The van der Waals surface area contributed by atoms with Crippen molar-refractivity contribution in [2.45, 2.75) is 32.4 Å². The topological polar surface area (TPSA) is 89.2 Å². The zero-order valence-electron chi connectivity index (χ0n) is 13.5. The molecule has 1 aliphatic heterocycles. The van der Waals surface area contributed by atoms with Gasteiger partial charge in [-0.2, -0.15) is 5.10 Å². The van der Waals surface area contributed by atoms with E-state index >= 15 is 0 Å². The van der Waals surface area contributed by atoms with Crippen LogP contribution in [0.1, 0.15) is 31.7 Å². The standard InChI is InChI=1S/C15H22N6O2/c1-3-14-19-20-15(23-14)11(2)21-7-8-22-12(10-21)9-16-13-5-4-6-17-18-13/h4-6,11-12H,3,7-10H2,1-2H3,(H,16,18)/t11-,12-/m1/s1. The van der Waals surface area contributed by atoms with Crippen LogP contribution in [0.3, 0.4) is 0 Å². The second-order valence-corrected chi connectivity index (χ2v) is 5.54. The number of rotatable bonds is 6. The zero-order valence-corrected chi connectivity index (χ0v) is 13.5. The molecule has 0 saturated carbocycles. The van der Waals surface area contributed by atoms with Crippen molar-refractivity contribution < 1.29 is 9.15 Å². The monoisotopic (exact) mass is 318 g/mol. The highest BCUT2D eigenvalue weighted by atomic mass is 16.5. The average Bonchev–Trinajstić information content (AvgIpc) is 3.10. The lowest BCUT2D eigenvalue weighted by Gasteiger charge is -2.35. The molecular weight excluding hydrogens is 296 g/mol. The third-order valence-electron chi connectivity index (χ3n) is 3.94. The lowest BCUT2D eigenvalue weighted by molar-refractivity contribution is -0.0381. The molecule has 1 fully saturated rings. The van der Waals surface area contributed by atoms with E-state index in [1.54, 1.807) is 6.20 Å². The van der Waals surface area contributed by atoms with Crippen LogP contribution in [0.2, 0.25) is 0 Å². The van der Waals surface area contributed by atoms with E-state index in [-0.39, 0.29) is 12.1 Å². The fraction of sp³-hybridized carbons (Fsp3) is 0.600. The Bertz CT molecular complexity index is 605. The van der Waals surface area contributed by atoms with Gasteiger partial charge in [0, 0.05) is 32.3 Å². The van der Waals surface area contributed by atoms with Gasteiger partial charge in [0.15, 0.2) is 0 Å². The van der Waals surface area contributed by atoms with Gasteiger partial charge in [-0.25, -0.2) is 0 Å². The Labute approximate surface area is 135 Å². The Kier molecular flexibility index (Phi) is 5.14. The van der Waals surface area contributed by atoms with Crippen molar-refractivity contribution in [2.24, 2.45) is 0 Å². The number of aryl methyl sites for hydroxylation is 1. The molecule has 2 aromatic heterocycles. The van der Waals surface area contributed by atoms with Crippen LogP contribution in [0, 0.1) is 0 Å². The maximum absolute atomic E-state index is 5.82. The van der Waals surface area contributed by atoms with Gasteiger partial charge in [-0.15, -0.1) is 15.3 Å².